The molecule has 3 aromatic heterocycles. The number of anilines is 1. The van der Waals surface area contributed by atoms with Crippen LogP contribution >= 0.6 is 8.25 Å². The van der Waals surface area contributed by atoms with E-state index in [1.807, 2.05) is 52.1 Å². The van der Waals surface area contributed by atoms with Gasteiger partial charge in [0.2, 0.25) is 11.9 Å². The van der Waals surface area contributed by atoms with Crippen molar-refractivity contribution in [2.75, 3.05) is 11.9 Å². The minimum Gasteiger partial charge on any atom is -0.408 e. The van der Waals surface area contributed by atoms with Crippen molar-refractivity contribution < 1.29 is 33.0 Å². The van der Waals surface area contributed by atoms with Gasteiger partial charge in [-0.15, -0.1) is 9.42 Å². The van der Waals surface area contributed by atoms with Crippen molar-refractivity contribution in [1.29, 1.82) is 0 Å². The highest BCUT2D eigenvalue weighted by Crippen LogP contribution is 2.44. The Morgan fingerprint density at radius 3 is 2.39 bits per heavy atom. The molecule has 0 bridgehead atoms. The van der Waals surface area contributed by atoms with E-state index in [1.54, 1.807) is 26.2 Å². The zero-order valence-corrected chi connectivity index (χ0v) is 26.0. The SMILES string of the molecule is CC(C)C(=O)Nc1nc2c(ncn2[C@@H]2O[C@H](CO)[C@@H](O[Si](C)(C)C(C)(C)C)[C@@H]2O[P+](=O)O)c(=O)[nH]1.c1ccncc1. The Kier molecular flexibility index (Phi) is 10.6. The predicted octanol–water partition coefficient (Wildman–Crippen LogP) is 3.11. The van der Waals surface area contributed by atoms with E-state index in [9.17, 15) is 24.2 Å². The van der Waals surface area contributed by atoms with Gasteiger partial charge in [-0.05, 0) is 30.3 Å². The quantitative estimate of drug-likeness (QED) is 0.217. The van der Waals surface area contributed by atoms with E-state index >= 15 is 0 Å². The summed E-state index contributed by atoms with van der Waals surface area (Å²) >= 11 is 0. The number of imidazole rings is 1. The first-order valence-corrected chi connectivity index (χ1v) is 17.1. The van der Waals surface area contributed by atoms with Gasteiger partial charge in [0.1, 0.15) is 12.2 Å². The predicted molar refractivity (Wildman–Crippen MR) is 154 cm³/mol. The Bertz CT molecular complexity index is 1370. The van der Waals surface area contributed by atoms with Crippen LogP contribution in [0.2, 0.25) is 18.1 Å². The minimum atomic E-state index is -3.06. The molecule has 1 amide bonds. The first-order valence-electron chi connectivity index (χ1n) is 13.1. The zero-order valence-electron chi connectivity index (χ0n) is 24.1. The van der Waals surface area contributed by atoms with Gasteiger partial charge >= 0.3 is 8.25 Å². The van der Waals surface area contributed by atoms with Gasteiger partial charge in [-0.25, -0.2) is 4.98 Å². The molecule has 14 nitrogen and oxygen atoms in total. The largest absolute Gasteiger partial charge is 0.695 e. The number of nitrogens with one attached hydrogen (secondary N) is 2. The standard InChI is InChI=1S/C20H32N5O8PSi.C5H5N/c1-10(2)16(27)23-19-22-15-12(17(28)24-19)21-9-25(15)18-14(32-34(29)30)13(11(8-26)31-18)33-35(6,7)20(3,4)5;1-2-4-6-5-3-1/h9-11,13-14,18,26H,8H2,1-7H3,(H2-,22,23,24,27,28,29,30);1-5H/p+1/t11-,13-,14+,18-;/m1./s1. The second kappa shape index (κ2) is 13.4. The number of H-pyrrole nitrogens is 1. The van der Waals surface area contributed by atoms with E-state index in [4.69, 9.17) is 13.7 Å². The van der Waals surface area contributed by atoms with Crippen molar-refractivity contribution in [3.63, 3.8) is 0 Å². The summed E-state index contributed by atoms with van der Waals surface area (Å²) in [7, 11) is -5.49. The highest BCUT2D eigenvalue weighted by Gasteiger charge is 2.54. The molecule has 0 radical (unpaired) electrons. The van der Waals surface area contributed by atoms with E-state index in [-0.39, 0.29) is 34.0 Å². The monoisotopic (exact) mass is 609 g/mol. The first-order chi connectivity index (χ1) is 19.2. The number of aliphatic hydroxyl groups is 1. The van der Waals surface area contributed by atoms with E-state index in [0.717, 1.165) is 0 Å². The molecule has 4 N–H and O–H groups in total. The van der Waals surface area contributed by atoms with Crippen molar-refractivity contribution in [3.8, 4) is 0 Å². The summed E-state index contributed by atoms with van der Waals surface area (Å²) in [5, 5.41) is 12.4. The second-order valence-corrected chi connectivity index (χ2v) is 16.7. The maximum absolute atomic E-state index is 12.6. The molecule has 1 aliphatic rings. The van der Waals surface area contributed by atoms with Crippen molar-refractivity contribution in [2.24, 2.45) is 5.92 Å². The molecular formula is C25H38N6O8PSi+. The van der Waals surface area contributed by atoms with Crippen LogP contribution in [-0.4, -0.2) is 73.6 Å². The number of aromatic amines is 1. The molecule has 1 saturated heterocycles. The number of aromatic nitrogens is 5. The normalized spacial score (nSPS) is 21.5. The summed E-state index contributed by atoms with van der Waals surface area (Å²) in [4.78, 5) is 49.0. The van der Waals surface area contributed by atoms with Gasteiger partial charge < -0.3 is 14.3 Å². The molecule has 1 fully saturated rings. The van der Waals surface area contributed by atoms with E-state index in [0.29, 0.717) is 0 Å². The average Bonchev–Trinajstić information content (AvgIpc) is 3.45. The van der Waals surface area contributed by atoms with Crippen LogP contribution in [0.25, 0.3) is 11.2 Å². The highest BCUT2D eigenvalue weighted by atomic mass is 31.1. The fourth-order valence-corrected chi connectivity index (χ4v) is 5.45. The molecular weight excluding hydrogens is 571 g/mol. The molecule has 4 rings (SSSR count). The van der Waals surface area contributed by atoms with Crippen LogP contribution in [0, 0.1) is 5.92 Å². The van der Waals surface area contributed by atoms with E-state index in [1.165, 1.54) is 10.9 Å². The number of pyridine rings is 1. The molecule has 1 unspecified atom stereocenters. The fourth-order valence-electron chi connectivity index (χ4n) is 3.70. The molecule has 224 valence electrons. The molecule has 3 aromatic rings. The fraction of sp³-hybridized carbons (Fsp3) is 0.560. The Morgan fingerprint density at radius 1 is 1.24 bits per heavy atom. The van der Waals surface area contributed by atoms with Crippen LogP contribution in [0.1, 0.15) is 40.8 Å². The van der Waals surface area contributed by atoms with Crippen molar-refractivity contribution in [2.45, 2.75) is 77.3 Å². The maximum Gasteiger partial charge on any atom is 0.695 e. The third kappa shape index (κ3) is 7.89. The van der Waals surface area contributed by atoms with Gasteiger partial charge in [0.25, 0.3) is 5.56 Å². The number of amides is 1. The van der Waals surface area contributed by atoms with E-state index in [2.05, 4.69) is 25.3 Å². The van der Waals surface area contributed by atoms with Crippen molar-refractivity contribution in [3.05, 3.63) is 47.3 Å². The van der Waals surface area contributed by atoms with Gasteiger partial charge in [-0.1, -0.05) is 40.7 Å². The Labute approximate surface area is 239 Å². The molecule has 0 aliphatic carbocycles. The third-order valence-corrected chi connectivity index (χ3v) is 11.9. The topological polar surface area (TPSA) is 191 Å². The molecule has 0 saturated carbocycles. The Morgan fingerprint density at radius 2 is 1.90 bits per heavy atom. The average molecular weight is 610 g/mol. The number of hydrogen-bond donors (Lipinski definition) is 4. The van der Waals surface area contributed by atoms with E-state index < -0.39 is 53.3 Å². The van der Waals surface area contributed by atoms with Crippen LogP contribution < -0.4 is 10.9 Å². The Hall–Kier alpha value is -2.91. The lowest BCUT2D eigenvalue weighted by molar-refractivity contribution is -0.118. The van der Waals surface area contributed by atoms with Crippen LogP contribution in [0.5, 0.6) is 0 Å². The lowest BCUT2D eigenvalue weighted by Crippen LogP contribution is -2.50. The summed E-state index contributed by atoms with van der Waals surface area (Å²) in [6.07, 6.45) is 0.809. The van der Waals surface area contributed by atoms with Gasteiger partial charge in [-0.2, -0.15) is 4.98 Å². The summed E-state index contributed by atoms with van der Waals surface area (Å²) in [5.74, 6) is -0.784. The lowest BCUT2D eigenvalue weighted by atomic mass is 10.1. The summed E-state index contributed by atoms with van der Waals surface area (Å²) in [6.45, 7) is 13.1. The summed E-state index contributed by atoms with van der Waals surface area (Å²) in [6, 6.07) is 5.72. The summed E-state index contributed by atoms with van der Waals surface area (Å²) < 4.78 is 30.9. The van der Waals surface area contributed by atoms with Crippen LogP contribution in [-0.2, 0) is 23.0 Å². The third-order valence-electron chi connectivity index (χ3n) is 6.95. The number of carbonyl (C=O) groups is 1. The van der Waals surface area contributed by atoms with Crippen molar-refractivity contribution in [1.82, 2.24) is 24.5 Å². The molecule has 5 atom stereocenters. The molecule has 41 heavy (non-hydrogen) atoms. The van der Waals surface area contributed by atoms with Gasteiger partial charge in [0.15, 0.2) is 31.8 Å². The van der Waals surface area contributed by atoms with Crippen LogP contribution in [0.4, 0.5) is 5.95 Å². The zero-order chi connectivity index (χ0) is 30.5. The molecule has 0 spiro atoms. The number of ether oxygens (including phenoxy) is 1. The first kappa shape index (κ1) is 32.6. The Balaban J connectivity index is 0.000000681. The van der Waals surface area contributed by atoms with Gasteiger partial charge in [0.05, 0.1) is 12.9 Å². The number of carbonyl (C=O) groups excluding carboxylic acids is 1. The second-order valence-electron chi connectivity index (χ2n) is 11.3. The number of hydrogen-bond acceptors (Lipinski definition) is 10. The molecule has 16 heteroatoms. The smallest absolute Gasteiger partial charge is 0.408 e. The number of aliphatic hydroxyl groups excluding tert-OH is 1. The molecule has 0 aromatic carbocycles. The van der Waals surface area contributed by atoms with Crippen LogP contribution in [0.3, 0.4) is 0 Å². The maximum atomic E-state index is 12.6. The number of rotatable bonds is 8. The molecule has 4 heterocycles. The molecule has 1 aliphatic heterocycles. The highest BCUT2D eigenvalue weighted by molar-refractivity contribution is 7.32. The van der Waals surface area contributed by atoms with Gasteiger partial charge in [0, 0.05) is 22.9 Å². The van der Waals surface area contributed by atoms with Crippen LogP contribution in [0.15, 0.2) is 41.7 Å². The minimum absolute atomic E-state index is 0.0300. The van der Waals surface area contributed by atoms with Crippen molar-refractivity contribution >= 4 is 39.6 Å². The van der Waals surface area contributed by atoms with Gasteiger partial charge in [-0.3, -0.25) is 29.4 Å². The number of nitrogens with zero attached hydrogens (tertiary/aromatic N) is 4. The summed E-state index contributed by atoms with van der Waals surface area (Å²) in [5.41, 5.74) is -0.564. The number of fused-ring (bicyclic) bond motifs is 1. The lowest BCUT2D eigenvalue weighted by Gasteiger charge is -2.39.